The molecule has 6 aromatic rings. The van der Waals surface area contributed by atoms with Crippen LogP contribution < -0.4 is 0 Å². The van der Waals surface area contributed by atoms with Crippen molar-refractivity contribution in [3.05, 3.63) is 128 Å². The third kappa shape index (κ3) is 9.79. The summed E-state index contributed by atoms with van der Waals surface area (Å²) in [6, 6.07) is 28.1. The highest BCUT2D eigenvalue weighted by atomic mass is 17.0. The van der Waals surface area contributed by atoms with Crippen LogP contribution in [0.2, 0.25) is 0 Å². The summed E-state index contributed by atoms with van der Waals surface area (Å²) in [6.07, 6.45) is 1.10. The normalized spacial score (nSPS) is 11.8. The van der Waals surface area contributed by atoms with E-state index in [0.29, 0.717) is 18.5 Å². The molecule has 0 aliphatic heterocycles. The molecule has 2 aromatic heterocycles. The number of benzene rings is 4. The first-order valence-electron chi connectivity index (χ1n) is 18.9. The fourth-order valence-corrected chi connectivity index (χ4v) is 7.05. The number of para-hydroxylation sites is 2. The van der Waals surface area contributed by atoms with Gasteiger partial charge in [0.1, 0.15) is 24.4 Å². The molecule has 0 saturated carbocycles. The smallest absolute Gasteiger partial charge is 0.305 e. The summed E-state index contributed by atoms with van der Waals surface area (Å²) < 4.78 is 9.68. The van der Waals surface area contributed by atoms with E-state index >= 15 is 0 Å². The standard InChI is InChI=1S/C42H44N6O9/c1-4-11-39-44-41-28(2)24-31(42-43-35-15-7-8-16-36(35)45(42)3)25-37(41)46(39)26-29-19-21-30(22-20-29)33-13-5-6-14-34(33)38(49)17-10-23-55-40(50)18-9-12-32(57-48(53)54)27-56-47(51)52/h5-8,13-16,19-22,24-25,32H,4,9-12,17-18,23,26-27H2,1-3H3. The van der Waals surface area contributed by atoms with Crippen molar-refractivity contribution in [1.29, 1.82) is 0 Å². The topological polar surface area (TPSA) is 184 Å². The molecule has 0 spiro atoms. The van der Waals surface area contributed by atoms with Gasteiger partial charge in [0, 0.05) is 44.0 Å². The molecular formula is C42H44N6O9. The maximum atomic E-state index is 13.4. The first-order valence-corrected chi connectivity index (χ1v) is 18.9. The SMILES string of the molecule is CCCc1nc2c(C)cc(-c3nc4ccccc4n3C)cc2n1Cc1ccc(-c2ccccc2C(=O)CCCOC(=O)CCCC(CO[N+](=O)[O-])O[N+](=O)[O-])cc1. The second kappa shape index (κ2) is 18.3. The van der Waals surface area contributed by atoms with Gasteiger partial charge in [-0.3, -0.25) is 9.59 Å². The second-order valence-electron chi connectivity index (χ2n) is 13.9. The zero-order valence-corrected chi connectivity index (χ0v) is 32.1. The molecular weight excluding hydrogens is 732 g/mol. The predicted octanol–water partition coefficient (Wildman–Crippen LogP) is 8.03. The van der Waals surface area contributed by atoms with Gasteiger partial charge in [-0.15, -0.1) is 20.2 Å². The van der Waals surface area contributed by atoms with Crippen molar-refractivity contribution in [1.82, 2.24) is 19.1 Å². The van der Waals surface area contributed by atoms with Gasteiger partial charge in [-0.25, -0.2) is 9.97 Å². The van der Waals surface area contributed by atoms with Gasteiger partial charge in [0.2, 0.25) is 0 Å². The number of rotatable bonds is 20. The Morgan fingerprint density at radius 2 is 1.61 bits per heavy atom. The van der Waals surface area contributed by atoms with Crippen LogP contribution in [-0.4, -0.2) is 60.3 Å². The number of imidazole rings is 2. The first-order chi connectivity index (χ1) is 27.5. The number of aromatic nitrogens is 4. The Balaban J connectivity index is 1.09. The monoisotopic (exact) mass is 776 g/mol. The second-order valence-corrected chi connectivity index (χ2v) is 13.9. The van der Waals surface area contributed by atoms with E-state index in [-0.39, 0.29) is 38.1 Å². The van der Waals surface area contributed by atoms with Crippen LogP contribution in [0.25, 0.3) is 44.6 Å². The molecule has 0 fully saturated rings. The lowest BCUT2D eigenvalue weighted by Gasteiger charge is -2.13. The van der Waals surface area contributed by atoms with Gasteiger partial charge in [0.25, 0.3) is 10.2 Å². The van der Waals surface area contributed by atoms with E-state index in [4.69, 9.17) is 14.7 Å². The number of carbonyl (C=O) groups excluding carboxylic acids is 2. The largest absolute Gasteiger partial charge is 0.466 e. The number of Topliss-reactive ketones (excluding diaryl/α,β-unsaturated/α-hetero) is 1. The van der Waals surface area contributed by atoms with Gasteiger partial charge in [-0.1, -0.05) is 67.6 Å². The van der Waals surface area contributed by atoms with E-state index in [0.717, 1.165) is 74.4 Å². The van der Waals surface area contributed by atoms with Gasteiger partial charge < -0.3 is 23.5 Å². The Morgan fingerprint density at radius 1 is 0.860 bits per heavy atom. The summed E-state index contributed by atoms with van der Waals surface area (Å²) in [4.78, 5) is 65.2. The number of carbonyl (C=O) groups is 2. The van der Waals surface area contributed by atoms with Gasteiger partial charge >= 0.3 is 5.97 Å². The van der Waals surface area contributed by atoms with E-state index in [1.807, 2.05) is 55.6 Å². The summed E-state index contributed by atoms with van der Waals surface area (Å²) >= 11 is 0. The lowest BCUT2D eigenvalue weighted by molar-refractivity contribution is -0.790. The van der Waals surface area contributed by atoms with Crippen molar-refractivity contribution < 1.29 is 34.2 Å². The minimum atomic E-state index is -1.19. The van der Waals surface area contributed by atoms with Crippen LogP contribution in [-0.2, 0) is 39.2 Å². The van der Waals surface area contributed by atoms with Crippen LogP contribution in [0.4, 0.5) is 0 Å². The van der Waals surface area contributed by atoms with Crippen LogP contribution in [0.1, 0.15) is 72.8 Å². The lowest BCUT2D eigenvalue weighted by atomic mass is 9.94. The Kier molecular flexibility index (Phi) is 12.9. The number of nitrogens with zero attached hydrogens (tertiary/aromatic N) is 6. The zero-order chi connectivity index (χ0) is 40.5. The molecule has 296 valence electrons. The molecule has 0 N–H and O–H groups in total. The van der Waals surface area contributed by atoms with Crippen molar-refractivity contribution in [2.24, 2.45) is 7.05 Å². The Hall–Kier alpha value is -6.64. The fourth-order valence-electron chi connectivity index (χ4n) is 7.05. The summed E-state index contributed by atoms with van der Waals surface area (Å²) in [5, 5.41) is 18.9. The summed E-state index contributed by atoms with van der Waals surface area (Å²) in [5.41, 5.74) is 9.57. The first kappa shape index (κ1) is 40.0. The van der Waals surface area contributed by atoms with E-state index in [1.165, 1.54) is 0 Å². The fraction of sp³-hybridized carbons (Fsp3) is 0.333. The number of aryl methyl sites for hydroxylation is 3. The van der Waals surface area contributed by atoms with Crippen molar-refractivity contribution in [2.75, 3.05) is 13.2 Å². The molecule has 57 heavy (non-hydrogen) atoms. The van der Waals surface area contributed by atoms with E-state index < -0.39 is 28.9 Å². The van der Waals surface area contributed by atoms with Crippen LogP contribution in [0.3, 0.4) is 0 Å². The van der Waals surface area contributed by atoms with Crippen molar-refractivity contribution in [3.63, 3.8) is 0 Å². The highest BCUT2D eigenvalue weighted by Gasteiger charge is 2.19. The summed E-state index contributed by atoms with van der Waals surface area (Å²) in [6.45, 7) is 4.27. The van der Waals surface area contributed by atoms with Crippen molar-refractivity contribution >= 4 is 33.8 Å². The molecule has 0 saturated heterocycles. The van der Waals surface area contributed by atoms with Gasteiger partial charge in [-0.05, 0) is 79.1 Å². The molecule has 2 heterocycles. The molecule has 0 aliphatic rings. The summed E-state index contributed by atoms with van der Waals surface area (Å²) in [5.74, 6) is 1.29. The van der Waals surface area contributed by atoms with E-state index in [1.54, 1.807) is 6.07 Å². The van der Waals surface area contributed by atoms with Crippen LogP contribution in [0.5, 0.6) is 0 Å². The van der Waals surface area contributed by atoms with Crippen LogP contribution >= 0.6 is 0 Å². The number of ketones is 1. The van der Waals surface area contributed by atoms with Crippen LogP contribution in [0.15, 0.2) is 84.9 Å². The molecule has 6 rings (SSSR count). The molecule has 1 atom stereocenters. The molecule has 15 heteroatoms. The Morgan fingerprint density at radius 3 is 2.35 bits per heavy atom. The summed E-state index contributed by atoms with van der Waals surface area (Å²) in [7, 11) is 2.04. The average Bonchev–Trinajstić information content (AvgIpc) is 3.72. The third-order valence-electron chi connectivity index (χ3n) is 9.79. The minimum Gasteiger partial charge on any atom is -0.466 e. The molecule has 1 unspecified atom stereocenters. The Bertz CT molecular complexity index is 2400. The quantitative estimate of drug-likeness (QED) is 0.0240. The number of hydrogen-bond donors (Lipinski definition) is 0. The van der Waals surface area contributed by atoms with E-state index in [2.05, 4.69) is 63.0 Å². The maximum absolute atomic E-state index is 13.4. The maximum Gasteiger partial charge on any atom is 0.305 e. The molecule has 0 aliphatic carbocycles. The zero-order valence-electron chi connectivity index (χ0n) is 32.1. The van der Waals surface area contributed by atoms with Gasteiger partial charge in [-0.2, -0.15) is 0 Å². The highest BCUT2D eigenvalue weighted by molar-refractivity contribution is 6.02. The van der Waals surface area contributed by atoms with Crippen molar-refractivity contribution in [2.45, 2.75) is 71.4 Å². The lowest BCUT2D eigenvalue weighted by Crippen LogP contribution is -2.24. The average molecular weight is 777 g/mol. The minimum absolute atomic E-state index is 0.0170. The molecule has 4 aromatic carbocycles. The van der Waals surface area contributed by atoms with Gasteiger partial charge in [0.15, 0.2) is 5.78 Å². The molecule has 0 radical (unpaired) electrons. The predicted molar refractivity (Wildman–Crippen MR) is 212 cm³/mol. The number of esters is 1. The Labute approximate surface area is 328 Å². The third-order valence-corrected chi connectivity index (χ3v) is 9.79. The number of fused-ring (bicyclic) bond motifs is 2. The molecule has 0 amide bonds. The molecule has 0 bridgehead atoms. The highest BCUT2D eigenvalue weighted by Crippen LogP contribution is 2.31. The number of ether oxygens (including phenoxy) is 1. The van der Waals surface area contributed by atoms with Crippen molar-refractivity contribution in [3.8, 4) is 22.5 Å². The van der Waals surface area contributed by atoms with Gasteiger partial charge in [0.05, 0.1) is 28.7 Å². The van der Waals surface area contributed by atoms with Crippen LogP contribution in [0, 0.1) is 27.2 Å². The molecule has 15 nitrogen and oxygen atoms in total. The number of hydrogen-bond acceptors (Lipinski definition) is 11. The van der Waals surface area contributed by atoms with E-state index in [9.17, 15) is 29.8 Å².